The van der Waals surface area contributed by atoms with Crippen LogP contribution in [0.4, 0.5) is 13.2 Å². The molecule has 6 heteroatoms. The molecule has 0 bridgehead atoms. The Morgan fingerprint density at radius 3 is 2.46 bits per heavy atom. The van der Waals surface area contributed by atoms with Crippen molar-refractivity contribution >= 4 is 12.2 Å². The maximum absolute atomic E-state index is 12.3. The van der Waals surface area contributed by atoms with Gasteiger partial charge in [-0.2, -0.15) is 18.4 Å². The summed E-state index contributed by atoms with van der Waals surface area (Å²) < 4.78 is 36.4. The quantitative estimate of drug-likeness (QED) is 0.660. The van der Waals surface area contributed by atoms with E-state index in [2.05, 4.69) is 17.2 Å². The van der Waals surface area contributed by atoms with Gasteiger partial charge < -0.3 is 4.98 Å². The smallest absolute Gasteiger partial charge is 0.353 e. The van der Waals surface area contributed by atoms with Gasteiger partial charge in [0.25, 0.3) is 0 Å². The van der Waals surface area contributed by atoms with Gasteiger partial charge in [0.1, 0.15) is 17.3 Å². The van der Waals surface area contributed by atoms with Gasteiger partial charge >= 0.3 is 6.18 Å². The number of nitriles is 1. The molecular formula is C7H3F3N2S. The molecular weight excluding hydrogens is 201 g/mol. The van der Waals surface area contributed by atoms with Crippen LogP contribution in [0.3, 0.4) is 0 Å². The first-order valence-corrected chi connectivity index (χ1v) is 3.56. The number of aromatic amines is 1. The van der Waals surface area contributed by atoms with Gasteiger partial charge in [-0.05, 0) is 6.07 Å². The van der Waals surface area contributed by atoms with E-state index in [1.807, 2.05) is 0 Å². The summed E-state index contributed by atoms with van der Waals surface area (Å²) in [5.74, 6) is 0. The SMILES string of the molecule is N#Cc1[nH]ccc(=S)c1C(F)(F)F. The Morgan fingerprint density at radius 2 is 2.08 bits per heavy atom. The van der Waals surface area contributed by atoms with Crippen molar-refractivity contribution in [3.05, 3.63) is 28.0 Å². The number of nitrogens with one attached hydrogen (secondary N) is 1. The third-order valence-corrected chi connectivity index (χ3v) is 1.69. The molecule has 0 saturated carbocycles. The van der Waals surface area contributed by atoms with E-state index in [0.717, 1.165) is 6.07 Å². The molecule has 0 amide bonds. The zero-order valence-corrected chi connectivity index (χ0v) is 6.96. The van der Waals surface area contributed by atoms with Crippen molar-refractivity contribution in [3.8, 4) is 6.07 Å². The summed E-state index contributed by atoms with van der Waals surface area (Å²) in [6.07, 6.45) is -3.38. The van der Waals surface area contributed by atoms with Crippen molar-refractivity contribution in [2.75, 3.05) is 0 Å². The monoisotopic (exact) mass is 204 g/mol. The van der Waals surface area contributed by atoms with Gasteiger partial charge in [-0.25, -0.2) is 0 Å². The number of nitrogens with zero attached hydrogens (tertiary/aromatic N) is 1. The molecule has 0 spiro atoms. The molecule has 2 nitrogen and oxygen atoms in total. The van der Waals surface area contributed by atoms with Crippen LogP contribution in [-0.2, 0) is 6.18 Å². The Balaban J connectivity index is 3.53. The summed E-state index contributed by atoms with van der Waals surface area (Å²) in [5.41, 5.74) is -1.63. The standard InChI is InChI=1S/C7H3F3N2S/c8-7(9,10)6-4(3-11)12-2-1-5(6)13/h1-2H,(H,12,13). The lowest BCUT2D eigenvalue weighted by Crippen LogP contribution is -2.09. The van der Waals surface area contributed by atoms with Crippen molar-refractivity contribution in [1.29, 1.82) is 5.26 Å². The molecule has 1 aromatic heterocycles. The zero-order valence-electron chi connectivity index (χ0n) is 6.14. The number of hydrogen-bond acceptors (Lipinski definition) is 2. The molecule has 1 rings (SSSR count). The van der Waals surface area contributed by atoms with Crippen molar-refractivity contribution in [3.63, 3.8) is 0 Å². The number of aromatic nitrogens is 1. The molecule has 0 aliphatic carbocycles. The lowest BCUT2D eigenvalue weighted by Gasteiger charge is -2.07. The first-order chi connectivity index (χ1) is 5.96. The Hall–Kier alpha value is -1.35. The summed E-state index contributed by atoms with van der Waals surface area (Å²) in [5, 5.41) is 8.38. The first-order valence-electron chi connectivity index (χ1n) is 3.16. The second kappa shape index (κ2) is 3.18. The van der Waals surface area contributed by atoms with Gasteiger partial charge in [-0.1, -0.05) is 12.2 Å². The van der Waals surface area contributed by atoms with Crippen LogP contribution in [0, 0.1) is 15.8 Å². The fraction of sp³-hybridized carbons (Fsp3) is 0.143. The topological polar surface area (TPSA) is 39.6 Å². The number of hydrogen-bond donors (Lipinski definition) is 1. The molecule has 0 aliphatic heterocycles. The van der Waals surface area contributed by atoms with E-state index in [0.29, 0.717) is 0 Å². The van der Waals surface area contributed by atoms with E-state index >= 15 is 0 Å². The molecule has 0 unspecified atom stereocenters. The number of H-pyrrole nitrogens is 1. The molecule has 0 fully saturated rings. The highest BCUT2D eigenvalue weighted by Crippen LogP contribution is 2.31. The molecule has 0 aliphatic rings. The van der Waals surface area contributed by atoms with E-state index in [1.165, 1.54) is 12.3 Å². The van der Waals surface area contributed by atoms with Gasteiger partial charge in [0.05, 0.1) is 4.51 Å². The summed E-state index contributed by atoms with van der Waals surface area (Å²) in [4.78, 5) is 2.19. The number of alkyl halides is 3. The lowest BCUT2D eigenvalue weighted by atomic mass is 10.2. The predicted octanol–water partition coefficient (Wildman–Crippen LogP) is 2.63. The van der Waals surface area contributed by atoms with Crippen LogP contribution in [-0.4, -0.2) is 4.98 Å². The van der Waals surface area contributed by atoms with Crippen LogP contribution in [0.2, 0.25) is 0 Å². The second-order valence-corrected chi connectivity index (χ2v) is 2.64. The minimum absolute atomic E-state index is 0.372. The molecule has 0 radical (unpaired) electrons. The fourth-order valence-corrected chi connectivity index (χ4v) is 1.13. The van der Waals surface area contributed by atoms with Crippen molar-refractivity contribution in [1.82, 2.24) is 4.98 Å². The highest BCUT2D eigenvalue weighted by atomic mass is 32.1. The molecule has 1 heterocycles. The van der Waals surface area contributed by atoms with E-state index in [-0.39, 0.29) is 4.51 Å². The van der Waals surface area contributed by atoms with Gasteiger partial charge in [0, 0.05) is 6.20 Å². The Kier molecular flexibility index (Phi) is 2.38. The average molecular weight is 204 g/mol. The van der Waals surface area contributed by atoms with Crippen LogP contribution < -0.4 is 0 Å². The number of pyridine rings is 1. The van der Waals surface area contributed by atoms with Crippen LogP contribution in [0.5, 0.6) is 0 Å². The molecule has 0 saturated heterocycles. The highest BCUT2D eigenvalue weighted by molar-refractivity contribution is 7.71. The third kappa shape index (κ3) is 1.87. The molecule has 13 heavy (non-hydrogen) atoms. The minimum atomic E-state index is -4.58. The fourth-order valence-electron chi connectivity index (χ4n) is 0.849. The normalized spacial score (nSPS) is 10.9. The summed E-state index contributed by atoms with van der Waals surface area (Å²) in [6.45, 7) is 0. The number of halogens is 3. The van der Waals surface area contributed by atoms with Gasteiger partial charge in [-0.15, -0.1) is 0 Å². The molecule has 68 valence electrons. The summed E-state index contributed by atoms with van der Waals surface area (Å²) >= 11 is 4.46. The van der Waals surface area contributed by atoms with Crippen LogP contribution in [0.15, 0.2) is 12.3 Å². The van der Waals surface area contributed by atoms with Gasteiger partial charge in [0.15, 0.2) is 0 Å². The van der Waals surface area contributed by atoms with E-state index in [9.17, 15) is 13.2 Å². The Labute approximate surface area is 76.6 Å². The molecule has 0 atom stereocenters. The number of rotatable bonds is 0. The Morgan fingerprint density at radius 1 is 1.46 bits per heavy atom. The molecule has 0 aromatic carbocycles. The summed E-state index contributed by atoms with van der Waals surface area (Å²) in [6, 6.07) is 2.50. The maximum Gasteiger partial charge on any atom is 0.420 e. The van der Waals surface area contributed by atoms with Gasteiger partial charge in [-0.3, -0.25) is 0 Å². The van der Waals surface area contributed by atoms with Crippen molar-refractivity contribution < 1.29 is 13.2 Å². The first kappa shape index (κ1) is 9.74. The highest BCUT2D eigenvalue weighted by Gasteiger charge is 2.35. The van der Waals surface area contributed by atoms with Crippen LogP contribution >= 0.6 is 12.2 Å². The largest absolute Gasteiger partial charge is 0.420 e. The molecule has 1 N–H and O–H groups in total. The van der Waals surface area contributed by atoms with Crippen molar-refractivity contribution in [2.24, 2.45) is 0 Å². The van der Waals surface area contributed by atoms with Gasteiger partial charge in [0.2, 0.25) is 0 Å². The Bertz CT molecular complexity index is 413. The van der Waals surface area contributed by atoms with Crippen LogP contribution in [0.25, 0.3) is 0 Å². The zero-order chi connectivity index (χ0) is 10.1. The minimum Gasteiger partial charge on any atom is -0.353 e. The molecule has 1 aromatic rings. The third-order valence-electron chi connectivity index (χ3n) is 1.35. The lowest BCUT2D eigenvalue weighted by molar-refractivity contribution is -0.138. The predicted molar refractivity (Wildman–Crippen MR) is 41.3 cm³/mol. The maximum atomic E-state index is 12.3. The van der Waals surface area contributed by atoms with E-state index in [4.69, 9.17) is 5.26 Å². The summed E-state index contributed by atoms with van der Waals surface area (Å²) in [7, 11) is 0. The second-order valence-electron chi connectivity index (χ2n) is 2.20. The average Bonchev–Trinajstić information content (AvgIpc) is 2.01. The van der Waals surface area contributed by atoms with Crippen molar-refractivity contribution in [2.45, 2.75) is 6.18 Å². The van der Waals surface area contributed by atoms with E-state index < -0.39 is 17.4 Å². The van der Waals surface area contributed by atoms with E-state index in [1.54, 1.807) is 0 Å². The van der Waals surface area contributed by atoms with Crippen LogP contribution in [0.1, 0.15) is 11.3 Å².